The lowest BCUT2D eigenvalue weighted by molar-refractivity contribution is -0.136. The van der Waals surface area contributed by atoms with Crippen molar-refractivity contribution < 1.29 is 33.1 Å². The lowest BCUT2D eigenvalue weighted by atomic mass is 10.0. The number of amides is 5. The molecular weight excluding hydrogens is 766 g/mol. The number of nitrogens with one attached hydrogen (secondary N) is 2. The number of fused-ring (bicyclic) bond motifs is 1. The molecule has 0 radical (unpaired) electrons. The highest BCUT2D eigenvalue weighted by atomic mass is 35.5. The van der Waals surface area contributed by atoms with Crippen molar-refractivity contribution in [1.29, 1.82) is 0 Å². The van der Waals surface area contributed by atoms with Crippen molar-refractivity contribution in [2.24, 2.45) is 0 Å². The van der Waals surface area contributed by atoms with Crippen molar-refractivity contribution in [3.8, 4) is 16.9 Å². The number of carbonyl (C=O) groups is 5. The van der Waals surface area contributed by atoms with Crippen LogP contribution in [0.15, 0.2) is 55.0 Å². The maximum Gasteiger partial charge on any atom is 0.264 e. The molecule has 4 N–H and O–H groups in total. The van der Waals surface area contributed by atoms with Gasteiger partial charge in [0.1, 0.15) is 11.9 Å². The Kier molecular flexibility index (Phi) is 11.5. The van der Waals surface area contributed by atoms with Crippen LogP contribution in [-0.4, -0.2) is 86.4 Å². The molecule has 14 nitrogen and oxygen atoms in total. The number of carbonyl (C=O) groups excluding carboxylic acids is 5. The normalized spacial score (nSPS) is 17.3. The van der Waals surface area contributed by atoms with Crippen LogP contribution in [0, 0.1) is 5.82 Å². The van der Waals surface area contributed by atoms with Gasteiger partial charge in [-0.2, -0.15) is 5.10 Å². The summed E-state index contributed by atoms with van der Waals surface area (Å²) in [6.45, 7) is 1.84. The molecule has 0 saturated carbocycles. The summed E-state index contributed by atoms with van der Waals surface area (Å²) in [5, 5.41) is 10.3. The lowest BCUT2D eigenvalue weighted by Crippen LogP contribution is -2.54. The lowest BCUT2D eigenvalue weighted by Gasteiger charge is -2.32. The molecule has 292 valence electrons. The van der Waals surface area contributed by atoms with Gasteiger partial charge in [-0.25, -0.2) is 9.37 Å². The minimum Gasteiger partial charge on any atom is -0.489 e. The molecule has 5 amide bonds. The van der Waals surface area contributed by atoms with Crippen LogP contribution in [0.5, 0.6) is 5.75 Å². The Hall–Kier alpha value is -5.54. The van der Waals surface area contributed by atoms with Gasteiger partial charge in [-0.3, -0.25) is 38.9 Å². The predicted octanol–water partition coefficient (Wildman–Crippen LogP) is 5.44. The zero-order chi connectivity index (χ0) is 39.5. The number of halogens is 3. The molecule has 0 bridgehead atoms. The van der Waals surface area contributed by atoms with Gasteiger partial charge in [-0.05, 0) is 68.0 Å². The van der Waals surface area contributed by atoms with Gasteiger partial charge >= 0.3 is 0 Å². The van der Waals surface area contributed by atoms with Crippen molar-refractivity contribution in [2.75, 3.05) is 37.3 Å². The Balaban J connectivity index is 0.854. The number of aromatic nitrogens is 3. The Morgan fingerprint density at radius 3 is 2.61 bits per heavy atom. The minimum atomic E-state index is -1.03. The van der Waals surface area contributed by atoms with Crippen LogP contribution in [0.4, 0.5) is 15.9 Å². The molecule has 2 aromatic carbocycles. The second-order valence-corrected chi connectivity index (χ2v) is 14.7. The topological polar surface area (TPSA) is 182 Å². The van der Waals surface area contributed by atoms with E-state index in [0.29, 0.717) is 60.9 Å². The number of likely N-dealkylation sites (tertiary alicyclic amines) is 1. The molecule has 17 heteroatoms. The number of benzene rings is 2. The zero-order valence-corrected chi connectivity index (χ0v) is 31.7. The molecule has 3 aliphatic rings. The van der Waals surface area contributed by atoms with E-state index in [9.17, 15) is 28.4 Å². The molecular formula is C39H39Cl2FN8O6. The fourth-order valence-electron chi connectivity index (χ4n) is 7.30. The van der Waals surface area contributed by atoms with Gasteiger partial charge in [-0.1, -0.05) is 29.3 Å². The number of nitrogen functional groups attached to an aromatic ring is 1. The number of hydrogen-bond donors (Lipinski definition) is 3. The minimum absolute atomic E-state index is 0.0373. The first-order valence-electron chi connectivity index (χ1n) is 18.4. The van der Waals surface area contributed by atoms with Crippen LogP contribution >= 0.6 is 23.2 Å². The fraction of sp³-hybridized carbons (Fsp3) is 0.359. The summed E-state index contributed by atoms with van der Waals surface area (Å²) in [5.41, 5.74) is 9.02. The highest BCUT2D eigenvalue weighted by Gasteiger charge is 2.45. The highest BCUT2D eigenvalue weighted by molar-refractivity contribution is 6.36. The number of imide groups is 2. The Morgan fingerprint density at radius 2 is 1.82 bits per heavy atom. The van der Waals surface area contributed by atoms with Crippen LogP contribution in [0.25, 0.3) is 11.1 Å². The van der Waals surface area contributed by atoms with Crippen molar-refractivity contribution >= 4 is 64.2 Å². The third kappa shape index (κ3) is 8.05. The predicted molar refractivity (Wildman–Crippen MR) is 206 cm³/mol. The summed E-state index contributed by atoms with van der Waals surface area (Å²) in [5.74, 6) is -2.10. The maximum absolute atomic E-state index is 13.9. The summed E-state index contributed by atoms with van der Waals surface area (Å²) in [7, 11) is 0. The van der Waals surface area contributed by atoms with Gasteiger partial charge < -0.3 is 20.7 Å². The van der Waals surface area contributed by atoms with Gasteiger partial charge in [0.25, 0.3) is 11.8 Å². The number of rotatable bonds is 13. The molecule has 3 aliphatic heterocycles. The number of unbranched alkanes of at least 4 members (excludes halogenated alkanes) is 1. The Bertz CT molecular complexity index is 2210. The number of nitrogens with zero attached hydrogens (tertiary/aromatic N) is 5. The molecule has 1 atom stereocenters. The second kappa shape index (κ2) is 16.7. The van der Waals surface area contributed by atoms with E-state index >= 15 is 0 Å². The number of ether oxygens (including phenoxy) is 1. The fourth-order valence-corrected chi connectivity index (χ4v) is 7.86. The zero-order valence-electron chi connectivity index (χ0n) is 30.2. The third-order valence-electron chi connectivity index (χ3n) is 10.4. The van der Waals surface area contributed by atoms with Gasteiger partial charge in [0.2, 0.25) is 17.7 Å². The molecule has 0 unspecified atom stereocenters. The molecule has 2 aromatic heterocycles. The van der Waals surface area contributed by atoms with Crippen LogP contribution in [0.3, 0.4) is 0 Å². The van der Waals surface area contributed by atoms with Crippen molar-refractivity contribution in [3.63, 3.8) is 0 Å². The van der Waals surface area contributed by atoms with Crippen LogP contribution in [0.2, 0.25) is 10.0 Å². The summed E-state index contributed by atoms with van der Waals surface area (Å²) in [4.78, 5) is 70.6. The van der Waals surface area contributed by atoms with Crippen LogP contribution in [-0.2, 0) is 20.8 Å². The molecule has 0 aliphatic carbocycles. The van der Waals surface area contributed by atoms with E-state index in [4.69, 9.17) is 33.7 Å². The Morgan fingerprint density at radius 1 is 1.02 bits per heavy atom. The first-order valence-corrected chi connectivity index (χ1v) is 19.2. The smallest absolute Gasteiger partial charge is 0.264 e. The number of hydrogen-bond acceptors (Lipinski definition) is 10. The summed E-state index contributed by atoms with van der Waals surface area (Å²) in [6, 6.07) is 8.46. The number of pyridine rings is 1. The van der Waals surface area contributed by atoms with Crippen molar-refractivity contribution in [3.05, 3.63) is 87.5 Å². The van der Waals surface area contributed by atoms with E-state index in [-0.39, 0.29) is 59.8 Å². The quantitative estimate of drug-likeness (QED) is 0.0894. The molecule has 5 heterocycles. The second-order valence-electron chi connectivity index (χ2n) is 13.9. The average molecular weight is 806 g/mol. The molecule has 0 spiro atoms. The van der Waals surface area contributed by atoms with Crippen LogP contribution in [0.1, 0.15) is 77.3 Å². The van der Waals surface area contributed by atoms with E-state index in [2.05, 4.69) is 20.7 Å². The van der Waals surface area contributed by atoms with Crippen molar-refractivity contribution in [2.45, 2.75) is 63.5 Å². The number of nitrogens with two attached hydrogens (primary N) is 1. The van der Waals surface area contributed by atoms with Crippen LogP contribution < -0.4 is 21.1 Å². The molecule has 56 heavy (non-hydrogen) atoms. The standard InChI is InChI=1S/C39H39Cl2FN8O6/c40-27-7-8-28(42)35(41)25(27)13-17-56-31-18-22(19-45-36(31)43)23-20-46-49(21-23)24-11-15-48(16-12-24)33(52)6-1-2-14-44-29-5-3-4-26-34(29)39(55)50(38(26)54)30-9-10-32(51)47-37(30)53/h3-5,7-8,18-21,24,30,44H,1-2,6,9-17H2,(H2,43,45)(H,47,51,53)/t30-/m1/s1. The van der Waals surface area contributed by atoms with E-state index in [1.54, 1.807) is 36.7 Å². The maximum atomic E-state index is 13.9. The van der Waals surface area contributed by atoms with E-state index in [0.717, 1.165) is 28.9 Å². The van der Waals surface area contributed by atoms with E-state index in [1.165, 1.54) is 12.1 Å². The van der Waals surface area contributed by atoms with E-state index < -0.39 is 35.5 Å². The third-order valence-corrected chi connectivity index (χ3v) is 11.1. The molecule has 2 saturated heterocycles. The van der Waals surface area contributed by atoms with Gasteiger partial charge in [-0.15, -0.1) is 0 Å². The average Bonchev–Trinajstić information content (AvgIpc) is 3.78. The molecule has 2 fully saturated rings. The summed E-state index contributed by atoms with van der Waals surface area (Å²) >= 11 is 12.3. The van der Waals surface area contributed by atoms with Crippen molar-refractivity contribution in [1.82, 2.24) is 29.9 Å². The Labute approximate surface area is 331 Å². The van der Waals surface area contributed by atoms with E-state index in [1.807, 2.05) is 15.8 Å². The van der Waals surface area contributed by atoms with Gasteiger partial charge in [0, 0.05) is 73.1 Å². The molecule has 7 rings (SSSR count). The molecule has 4 aromatic rings. The summed E-state index contributed by atoms with van der Waals surface area (Å²) in [6.07, 6.45) is 8.90. The monoisotopic (exact) mass is 804 g/mol. The first-order chi connectivity index (χ1) is 27.0. The number of piperidine rings is 2. The number of anilines is 2. The SMILES string of the molecule is Nc1ncc(-c2cnn(C3CCN(C(=O)CCCCNc4cccc5c4C(=O)N([C@@H]4CCC(=O)NC4=O)C5=O)CC3)c2)cc1OCCc1c(Cl)ccc(F)c1Cl. The summed E-state index contributed by atoms with van der Waals surface area (Å²) < 4.78 is 21.7. The van der Waals surface area contributed by atoms with Gasteiger partial charge in [0.05, 0.1) is 35.0 Å². The first kappa shape index (κ1) is 38.7. The highest BCUT2D eigenvalue weighted by Crippen LogP contribution is 2.34. The van der Waals surface area contributed by atoms with Gasteiger partial charge in [0.15, 0.2) is 11.6 Å². The largest absolute Gasteiger partial charge is 0.489 e.